The molecule has 0 aliphatic carbocycles. The van der Waals surface area contributed by atoms with Crippen molar-refractivity contribution in [1.29, 1.82) is 0 Å². The molecule has 1 aliphatic rings. The van der Waals surface area contributed by atoms with Crippen LogP contribution in [0.5, 0.6) is 0 Å². The van der Waals surface area contributed by atoms with Crippen LogP contribution in [-0.2, 0) is 6.54 Å². The SMILES string of the molecule is CCCN1CCN(C(=O)c2cn(Cc3ccccc3F)nn2)CC1. The number of halogens is 1. The molecule has 1 fully saturated rings. The molecule has 2 aromatic rings. The summed E-state index contributed by atoms with van der Waals surface area (Å²) >= 11 is 0. The number of hydrogen-bond donors (Lipinski definition) is 0. The van der Waals surface area contributed by atoms with Crippen LogP contribution in [0, 0.1) is 5.82 Å². The van der Waals surface area contributed by atoms with Crippen LogP contribution >= 0.6 is 0 Å². The molecule has 24 heavy (non-hydrogen) atoms. The minimum Gasteiger partial charge on any atom is -0.335 e. The predicted octanol–water partition coefficient (Wildman–Crippen LogP) is 1.63. The van der Waals surface area contributed by atoms with Gasteiger partial charge in [-0.3, -0.25) is 9.69 Å². The number of carbonyl (C=O) groups excluding carboxylic acids is 1. The van der Waals surface area contributed by atoms with Gasteiger partial charge >= 0.3 is 0 Å². The number of benzene rings is 1. The standard InChI is InChI=1S/C17H22FN5O/c1-2-7-21-8-10-22(11-9-21)17(24)16-13-23(20-19-16)12-14-5-3-4-6-15(14)18/h3-6,13H,2,7-12H2,1H3. The first-order valence-corrected chi connectivity index (χ1v) is 8.32. The Bertz CT molecular complexity index is 694. The number of amides is 1. The summed E-state index contributed by atoms with van der Waals surface area (Å²) in [6, 6.07) is 6.53. The molecule has 0 spiro atoms. The van der Waals surface area contributed by atoms with Crippen molar-refractivity contribution in [2.24, 2.45) is 0 Å². The summed E-state index contributed by atoms with van der Waals surface area (Å²) in [6.45, 7) is 6.69. The van der Waals surface area contributed by atoms with Crippen molar-refractivity contribution in [1.82, 2.24) is 24.8 Å². The third kappa shape index (κ3) is 3.79. The van der Waals surface area contributed by atoms with E-state index in [1.54, 1.807) is 24.4 Å². The summed E-state index contributed by atoms with van der Waals surface area (Å²) in [5.41, 5.74) is 0.838. The molecule has 3 rings (SSSR count). The Morgan fingerprint density at radius 3 is 2.67 bits per heavy atom. The molecule has 128 valence electrons. The van der Waals surface area contributed by atoms with Gasteiger partial charge in [0.05, 0.1) is 12.7 Å². The minimum absolute atomic E-state index is 0.106. The molecule has 1 saturated heterocycles. The van der Waals surface area contributed by atoms with Crippen LogP contribution in [0.4, 0.5) is 4.39 Å². The third-order valence-corrected chi connectivity index (χ3v) is 4.25. The second kappa shape index (κ2) is 7.53. The van der Waals surface area contributed by atoms with Gasteiger partial charge in [-0.1, -0.05) is 30.3 Å². The zero-order valence-electron chi connectivity index (χ0n) is 13.9. The molecule has 2 heterocycles. The van der Waals surface area contributed by atoms with E-state index in [1.165, 1.54) is 10.7 Å². The number of hydrogen-bond acceptors (Lipinski definition) is 4. The number of carbonyl (C=O) groups is 1. The highest BCUT2D eigenvalue weighted by Gasteiger charge is 2.23. The summed E-state index contributed by atoms with van der Waals surface area (Å²) in [5.74, 6) is -0.390. The molecule has 0 unspecified atom stereocenters. The molecule has 1 aromatic carbocycles. The van der Waals surface area contributed by atoms with Crippen LogP contribution in [0.3, 0.4) is 0 Å². The molecule has 6 nitrogen and oxygen atoms in total. The van der Waals surface area contributed by atoms with Crippen LogP contribution in [-0.4, -0.2) is 63.4 Å². The van der Waals surface area contributed by atoms with Crippen LogP contribution in [0.25, 0.3) is 0 Å². The Morgan fingerprint density at radius 2 is 1.96 bits per heavy atom. The Labute approximate surface area is 140 Å². The van der Waals surface area contributed by atoms with Gasteiger partial charge in [0.15, 0.2) is 5.69 Å². The van der Waals surface area contributed by atoms with Crippen molar-refractivity contribution >= 4 is 5.91 Å². The summed E-state index contributed by atoms with van der Waals surface area (Å²) in [5, 5.41) is 7.91. The average Bonchev–Trinajstić information content (AvgIpc) is 3.06. The third-order valence-electron chi connectivity index (χ3n) is 4.25. The van der Waals surface area contributed by atoms with Gasteiger partial charge in [-0.15, -0.1) is 5.10 Å². The second-order valence-corrected chi connectivity index (χ2v) is 6.03. The van der Waals surface area contributed by atoms with E-state index in [9.17, 15) is 9.18 Å². The van der Waals surface area contributed by atoms with Crippen molar-refractivity contribution in [2.45, 2.75) is 19.9 Å². The highest BCUT2D eigenvalue weighted by atomic mass is 19.1. The number of piperazine rings is 1. The molecule has 0 radical (unpaired) electrons. The van der Waals surface area contributed by atoms with E-state index in [2.05, 4.69) is 22.1 Å². The Hall–Kier alpha value is -2.28. The molecule has 7 heteroatoms. The van der Waals surface area contributed by atoms with Gasteiger partial charge in [0.1, 0.15) is 5.82 Å². The van der Waals surface area contributed by atoms with Crippen LogP contribution < -0.4 is 0 Å². The van der Waals surface area contributed by atoms with Gasteiger partial charge in [-0.25, -0.2) is 9.07 Å². The van der Waals surface area contributed by atoms with Crippen molar-refractivity contribution in [3.05, 3.63) is 47.5 Å². The first-order chi connectivity index (χ1) is 11.7. The fraction of sp³-hybridized carbons (Fsp3) is 0.471. The summed E-state index contributed by atoms with van der Waals surface area (Å²) in [4.78, 5) is 16.7. The van der Waals surface area contributed by atoms with E-state index in [0.717, 1.165) is 26.1 Å². The molecule has 0 saturated carbocycles. The molecule has 0 atom stereocenters. The van der Waals surface area contributed by atoms with Crippen molar-refractivity contribution < 1.29 is 9.18 Å². The molecule has 1 aromatic heterocycles. The van der Waals surface area contributed by atoms with E-state index >= 15 is 0 Å². The fourth-order valence-electron chi connectivity index (χ4n) is 2.93. The maximum absolute atomic E-state index is 13.7. The smallest absolute Gasteiger partial charge is 0.276 e. The quantitative estimate of drug-likeness (QED) is 0.836. The van der Waals surface area contributed by atoms with Crippen LogP contribution in [0.15, 0.2) is 30.5 Å². The summed E-state index contributed by atoms with van der Waals surface area (Å²) < 4.78 is 15.2. The summed E-state index contributed by atoms with van der Waals surface area (Å²) in [7, 11) is 0. The lowest BCUT2D eigenvalue weighted by molar-refractivity contribution is 0.0631. The molecule has 1 aliphatic heterocycles. The average molecular weight is 331 g/mol. The van der Waals surface area contributed by atoms with Gasteiger partial charge in [-0.2, -0.15) is 0 Å². The Morgan fingerprint density at radius 1 is 1.21 bits per heavy atom. The molecular formula is C17H22FN5O. The number of nitrogens with zero attached hydrogens (tertiary/aromatic N) is 5. The van der Waals surface area contributed by atoms with E-state index < -0.39 is 0 Å². The highest BCUT2D eigenvalue weighted by molar-refractivity contribution is 5.92. The van der Waals surface area contributed by atoms with Crippen molar-refractivity contribution in [3.8, 4) is 0 Å². The normalized spacial score (nSPS) is 15.7. The molecular weight excluding hydrogens is 309 g/mol. The van der Waals surface area contributed by atoms with Gasteiger partial charge in [0, 0.05) is 31.7 Å². The number of rotatable bonds is 5. The molecule has 0 bridgehead atoms. The Balaban J connectivity index is 1.61. The first-order valence-electron chi connectivity index (χ1n) is 8.32. The zero-order chi connectivity index (χ0) is 16.9. The van der Waals surface area contributed by atoms with Gasteiger partial charge in [0.25, 0.3) is 5.91 Å². The number of aromatic nitrogens is 3. The van der Waals surface area contributed by atoms with E-state index in [-0.39, 0.29) is 18.3 Å². The zero-order valence-corrected chi connectivity index (χ0v) is 13.9. The van der Waals surface area contributed by atoms with Gasteiger partial charge < -0.3 is 4.90 Å². The lowest BCUT2D eigenvalue weighted by Crippen LogP contribution is -2.48. The molecule has 0 N–H and O–H groups in total. The first kappa shape index (κ1) is 16.6. The van der Waals surface area contributed by atoms with E-state index in [1.807, 2.05) is 4.90 Å². The fourth-order valence-corrected chi connectivity index (χ4v) is 2.93. The monoisotopic (exact) mass is 331 g/mol. The Kier molecular flexibility index (Phi) is 5.20. The largest absolute Gasteiger partial charge is 0.335 e. The topological polar surface area (TPSA) is 54.3 Å². The van der Waals surface area contributed by atoms with Crippen LogP contribution in [0.2, 0.25) is 0 Å². The van der Waals surface area contributed by atoms with Gasteiger partial charge in [-0.05, 0) is 19.0 Å². The lowest BCUT2D eigenvalue weighted by Gasteiger charge is -2.34. The lowest BCUT2D eigenvalue weighted by atomic mass is 10.2. The minimum atomic E-state index is -0.284. The van der Waals surface area contributed by atoms with Crippen LogP contribution in [0.1, 0.15) is 29.4 Å². The maximum atomic E-state index is 13.7. The highest BCUT2D eigenvalue weighted by Crippen LogP contribution is 2.10. The van der Waals surface area contributed by atoms with E-state index in [0.29, 0.717) is 24.3 Å². The maximum Gasteiger partial charge on any atom is 0.276 e. The van der Waals surface area contributed by atoms with Crippen molar-refractivity contribution in [2.75, 3.05) is 32.7 Å². The summed E-state index contributed by atoms with van der Waals surface area (Å²) in [6.07, 6.45) is 2.71. The second-order valence-electron chi connectivity index (χ2n) is 6.03. The molecule has 1 amide bonds. The van der Waals surface area contributed by atoms with Crippen molar-refractivity contribution in [3.63, 3.8) is 0 Å². The van der Waals surface area contributed by atoms with Gasteiger partial charge in [0.2, 0.25) is 0 Å². The van der Waals surface area contributed by atoms with E-state index in [4.69, 9.17) is 0 Å². The predicted molar refractivity (Wildman–Crippen MR) is 88.2 cm³/mol.